The molecule has 150 valence electrons. The fourth-order valence-electron chi connectivity index (χ4n) is 3.64. The molecule has 0 radical (unpaired) electrons. The molecule has 0 spiro atoms. The highest BCUT2D eigenvalue weighted by Crippen LogP contribution is 2.23. The van der Waals surface area contributed by atoms with Crippen molar-refractivity contribution in [1.29, 1.82) is 0 Å². The number of rotatable bonds is 3. The van der Waals surface area contributed by atoms with Gasteiger partial charge in [-0.05, 0) is 41.1 Å². The summed E-state index contributed by atoms with van der Waals surface area (Å²) in [5, 5.41) is 2.65. The standard InChI is InChI=1S/C25H16ClN3O2/c26-18-10-5-9-17(15-18)23-27-22-14-4-3-12-21(22)25(31)29(23)28-24(30)20-13-6-8-16-7-1-2-11-19(16)20/h1-15H,(H,28,30). The molecule has 1 aromatic heterocycles. The van der Waals surface area contributed by atoms with Gasteiger partial charge in [-0.1, -0.05) is 72.3 Å². The van der Waals surface area contributed by atoms with E-state index < -0.39 is 5.91 Å². The molecule has 0 saturated carbocycles. The molecule has 31 heavy (non-hydrogen) atoms. The van der Waals surface area contributed by atoms with E-state index in [1.807, 2.05) is 42.5 Å². The maximum Gasteiger partial charge on any atom is 0.280 e. The fraction of sp³-hybridized carbons (Fsp3) is 0. The van der Waals surface area contributed by atoms with Crippen molar-refractivity contribution in [3.05, 3.63) is 112 Å². The minimum Gasteiger partial charge on any atom is -0.267 e. The molecule has 0 aliphatic rings. The number of hydrogen-bond donors (Lipinski definition) is 1. The van der Waals surface area contributed by atoms with Gasteiger partial charge in [0.1, 0.15) is 0 Å². The predicted octanol–water partition coefficient (Wildman–Crippen LogP) is 5.25. The van der Waals surface area contributed by atoms with Gasteiger partial charge in [-0.25, -0.2) is 4.98 Å². The number of nitrogens with zero attached hydrogens (tertiary/aromatic N) is 2. The Morgan fingerprint density at radius 2 is 1.55 bits per heavy atom. The van der Waals surface area contributed by atoms with Crippen LogP contribution in [-0.4, -0.2) is 15.6 Å². The Labute approximate surface area is 182 Å². The number of hydrogen-bond acceptors (Lipinski definition) is 3. The molecule has 0 saturated heterocycles. The third kappa shape index (κ3) is 3.45. The zero-order chi connectivity index (χ0) is 21.4. The van der Waals surface area contributed by atoms with Crippen molar-refractivity contribution in [3.63, 3.8) is 0 Å². The molecule has 0 bridgehead atoms. The van der Waals surface area contributed by atoms with Crippen LogP contribution in [0, 0.1) is 0 Å². The number of carbonyl (C=O) groups is 1. The van der Waals surface area contributed by atoms with Crippen molar-refractivity contribution in [2.45, 2.75) is 0 Å². The first-order chi connectivity index (χ1) is 15.1. The summed E-state index contributed by atoms with van der Waals surface area (Å²) < 4.78 is 1.19. The topological polar surface area (TPSA) is 64.0 Å². The number of carbonyl (C=O) groups excluding carboxylic acids is 1. The van der Waals surface area contributed by atoms with Crippen LogP contribution in [0.2, 0.25) is 5.02 Å². The average Bonchev–Trinajstić information content (AvgIpc) is 2.80. The van der Waals surface area contributed by atoms with Crippen molar-refractivity contribution in [2.75, 3.05) is 5.43 Å². The number of amides is 1. The Kier molecular flexibility index (Phi) is 4.73. The quantitative estimate of drug-likeness (QED) is 0.429. The summed E-state index contributed by atoms with van der Waals surface area (Å²) in [4.78, 5) is 31.2. The lowest BCUT2D eigenvalue weighted by atomic mass is 10.0. The van der Waals surface area contributed by atoms with E-state index in [0.717, 1.165) is 10.8 Å². The highest BCUT2D eigenvalue weighted by atomic mass is 35.5. The summed E-state index contributed by atoms with van der Waals surface area (Å²) in [6.07, 6.45) is 0. The summed E-state index contributed by atoms with van der Waals surface area (Å²) in [7, 11) is 0. The molecule has 0 aliphatic heterocycles. The number of fused-ring (bicyclic) bond motifs is 2. The fourth-order valence-corrected chi connectivity index (χ4v) is 3.83. The second-order valence-corrected chi connectivity index (χ2v) is 7.51. The summed E-state index contributed by atoms with van der Waals surface area (Å²) in [6.45, 7) is 0. The molecule has 5 rings (SSSR count). The molecule has 0 atom stereocenters. The normalized spacial score (nSPS) is 11.0. The first-order valence-electron chi connectivity index (χ1n) is 9.69. The number of benzene rings is 4. The Morgan fingerprint density at radius 1 is 0.839 bits per heavy atom. The molecule has 5 nitrogen and oxygen atoms in total. The molecule has 0 unspecified atom stereocenters. The van der Waals surface area contributed by atoms with Crippen LogP contribution in [0.4, 0.5) is 0 Å². The third-order valence-electron chi connectivity index (χ3n) is 5.11. The van der Waals surface area contributed by atoms with Crippen LogP contribution in [0.1, 0.15) is 10.4 Å². The second kappa shape index (κ2) is 7.70. The van der Waals surface area contributed by atoms with Gasteiger partial charge in [-0.2, -0.15) is 4.68 Å². The summed E-state index contributed by atoms with van der Waals surface area (Å²) >= 11 is 6.17. The van der Waals surface area contributed by atoms with Crippen molar-refractivity contribution in [2.24, 2.45) is 0 Å². The molecule has 0 aliphatic carbocycles. The lowest BCUT2D eigenvalue weighted by molar-refractivity contribution is 0.101. The van der Waals surface area contributed by atoms with Crippen LogP contribution < -0.4 is 11.0 Å². The van der Waals surface area contributed by atoms with Crippen LogP contribution in [0.5, 0.6) is 0 Å². The van der Waals surface area contributed by atoms with E-state index in [0.29, 0.717) is 32.9 Å². The van der Waals surface area contributed by atoms with Gasteiger partial charge in [0.05, 0.1) is 10.9 Å². The average molecular weight is 426 g/mol. The molecule has 1 heterocycles. The van der Waals surface area contributed by atoms with Gasteiger partial charge in [-0.3, -0.25) is 15.0 Å². The lowest BCUT2D eigenvalue weighted by Gasteiger charge is -2.15. The van der Waals surface area contributed by atoms with Gasteiger partial charge in [0, 0.05) is 16.1 Å². The van der Waals surface area contributed by atoms with Crippen molar-refractivity contribution >= 4 is 39.2 Å². The Bertz CT molecular complexity index is 1520. The zero-order valence-electron chi connectivity index (χ0n) is 16.2. The van der Waals surface area contributed by atoms with Gasteiger partial charge < -0.3 is 0 Å². The maximum atomic E-state index is 13.3. The van der Waals surface area contributed by atoms with E-state index in [1.54, 1.807) is 48.5 Å². The molecule has 6 heteroatoms. The van der Waals surface area contributed by atoms with Crippen LogP contribution in [0.15, 0.2) is 95.8 Å². The number of halogens is 1. The first kappa shape index (κ1) is 19.0. The predicted molar refractivity (Wildman–Crippen MR) is 124 cm³/mol. The van der Waals surface area contributed by atoms with Crippen molar-refractivity contribution in [3.8, 4) is 11.4 Å². The van der Waals surface area contributed by atoms with E-state index in [2.05, 4.69) is 10.4 Å². The maximum absolute atomic E-state index is 13.3. The lowest BCUT2D eigenvalue weighted by Crippen LogP contribution is -2.35. The highest BCUT2D eigenvalue weighted by molar-refractivity contribution is 6.30. The smallest absolute Gasteiger partial charge is 0.267 e. The molecule has 1 N–H and O–H groups in total. The Morgan fingerprint density at radius 3 is 2.39 bits per heavy atom. The van der Waals surface area contributed by atoms with Crippen LogP contribution in [0.3, 0.4) is 0 Å². The first-order valence-corrected chi connectivity index (χ1v) is 10.1. The number of nitrogens with one attached hydrogen (secondary N) is 1. The summed E-state index contributed by atoms with van der Waals surface area (Å²) in [5.74, 6) is -0.0981. The molecule has 1 amide bonds. The summed E-state index contributed by atoms with van der Waals surface area (Å²) in [5.41, 5.74) is 4.02. The molecular weight excluding hydrogens is 410 g/mol. The van der Waals surface area contributed by atoms with E-state index in [4.69, 9.17) is 11.6 Å². The van der Waals surface area contributed by atoms with Crippen LogP contribution >= 0.6 is 11.6 Å². The van der Waals surface area contributed by atoms with Gasteiger partial charge in [0.2, 0.25) is 0 Å². The second-order valence-electron chi connectivity index (χ2n) is 7.07. The minimum atomic E-state index is -0.403. The summed E-state index contributed by atoms with van der Waals surface area (Å²) in [6, 6.07) is 27.1. The number of aromatic nitrogens is 2. The zero-order valence-corrected chi connectivity index (χ0v) is 17.0. The van der Waals surface area contributed by atoms with Gasteiger partial charge in [0.15, 0.2) is 5.82 Å². The SMILES string of the molecule is O=C(Nn1c(-c2cccc(Cl)c2)nc2ccccc2c1=O)c1cccc2ccccc12. The van der Waals surface area contributed by atoms with Crippen LogP contribution in [0.25, 0.3) is 33.1 Å². The Balaban J connectivity index is 1.70. The van der Waals surface area contributed by atoms with Gasteiger partial charge in [-0.15, -0.1) is 0 Å². The van der Waals surface area contributed by atoms with E-state index in [-0.39, 0.29) is 5.56 Å². The van der Waals surface area contributed by atoms with Crippen molar-refractivity contribution < 1.29 is 4.79 Å². The van der Waals surface area contributed by atoms with Crippen molar-refractivity contribution in [1.82, 2.24) is 9.66 Å². The third-order valence-corrected chi connectivity index (χ3v) is 5.34. The number of para-hydroxylation sites is 1. The minimum absolute atomic E-state index is 0.305. The molecule has 5 aromatic rings. The van der Waals surface area contributed by atoms with E-state index in [1.165, 1.54) is 4.68 Å². The van der Waals surface area contributed by atoms with E-state index >= 15 is 0 Å². The van der Waals surface area contributed by atoms with Gasteiger partial charge >= 0.3 is 0 Å². The Hall–Kier alpha value is -3.96. The molecule has 4 aromatic carbocycles. The monoisotopic (exact) mass is 425 g/mol. The molecule has 0 fully saturated rings. The van der Waals surface area contributed by atoms with E-state index in [9.17, 15) is 9.59 Å². The molecular formula is C25H16ClN3O2. The largest absolute Gasteiger partial charge is 0.280 e. The highest BCUT2D eigenvalue weighted by Gasteiger charge is 2.17. The van der Waals surface area contributed by atoms with Gasteiger partial charge in [0.25, 0.3) is 11.5 Å². The van der Waals surface area contributed by atoms with Crippen LogP contribution in [-0.2, 0) is 0 Å².